The van der Waals surface area contributed by atoms with Crippen molar-refractivity contribution in [2.24, 2.45) is 0 Å². The molecule has 0 atom stereocenters. The average molecular weight is 397 g/mol. The van der Waals surface area contributed by atoms with Crippen LogP contribution >= 0.6 is 0 Å². The summed E-state index contributed by atoms with van der Waals surface area (Å²) in [5, 5.41) is 28.0. The van der Waals surface area contributed by atoms with Gasteiger partial charge in [-0.1, -0.05) is 12.1 Å². The molecule has 3 aromatic rings. The third kappa shape index (κ3) is 5.13. The summed E-state index contributed by atoms with van der Waals surface area (Å²) in [7, 11) is 0. The third-order valence-corrected chi connectivity index (χ3v) is 3.73. The van der Waals surface area contributed by atoms with E-state index >= 15 is 0 Å². The van der Waals surface area contributed by atoms with E-state index in [9.17, 15) is 25.0 Å². The van der Waals surface area contributed by atoms with E-state index in [1.165, 1.54) is 24.4 Å². The normalized spacial score (nSPS) is 10.4. The van der Waals surface area contributed by atoms with Gasteiger partial charge in [-0.05, 0) is 29.5 Å². The lowest BCUT2D eigenvalue weighted by atomic mass is 10.2. The van der Waals surface area contributed by atoms with Gasteiger partial charge in [0, 0.05) is 12.1 Å². The molecule has 0 bridgehead atoms. The molecule has 11 heteroatoms. The van der Waals surface area contributed by atoms with Crippen LogP contribution in [0.4, 0.5) is 17.2 Å². The minimum absolute atomic E-state index is 0.147. The van der Waals surface area contributed by atoms with E-state index in [0.717, 1.165) is 16.3 Å². The number of nitro groups is 2. The van der Waals surface area contributed by atoms with Gasteiger partial charge in [0.1, 0.15) is 18.0 Å². The van der Waals surface area contributed by atoms with Gasteiger partial charge in [0.05, 0.1) is 34.0 Å². The fraction of sp³-hybridized carbons (Fsp3) is 0.111. The molecule has 29 heavy (non-hydrogen) atoms. The van der Waals surface area contributed by atoms with Gasteiger partial charge < -0.3 is 20.2 Å². The number of aryl methyl sites for hydroxylation is 1. The van der Waals surface area contributed by atoms with E-state index in [1.807, 2.05) is 13.0 Å². The van der Waals surface area contributed by atoms with E-state index in [-0.39, 0.29) is 29.5 Å². The molecule has 1 amide bonds. The molecule has 1 N–H and O–H groups in total. The molecular weight excluding hydrogens is 382 g/mol. The molecular formula is C18H15N5O6. The third-order valence-electron chi connectivity index (χ3n) is 3.73. The van der Waals surface area contributed by atoms with Crippen molar-refractivity contribution in [1.82, 2.24) is 9.78 Å². The standard InChI is InChI=1S/C18H15N5O6/c1-12-3-2-4-15(7-12)29-16-9-13(8-14(10-16)22(25)26)19-18(24)11-21-6-5-17(20-21)23(27)28/h2-10H,11H2,1H3,(H,19,24). The van der Waals surface area contributed by atoms with E-state index in [1.54, 1.807) is 18.2 Å². The molecule has 0 fully saturated rings. The molecule has 3 rings (SSSR count). The number of carbonyl (C=O) groups excluding carboxylic acids is 1. The molecule has 0 aliphatic rings. The molecule has 0 aliphatic carbocycles. The Kier molecular flexibility index (Phi) is 5.49. The zero-order valence-electron chi connectivity index (χ0n) is 15.1. The van der Waals surface area contributed by atoms with Crippen molar-refractivity contribution in [2.45, 2.75) is 13.5 Å². The van der Waals surface area contributed by atoms with Gasteiger partial charge in [0.2, 0.25) is 5.91 Å². The highest BCUT2D eigenvalue weighted by molar-refractivity contribution is 5.91. The first kappa shape index (κ1) is 19.5. The van der Waals surface area contributed by atoms with Gasteiger partial charge in [-0.3, -0.25) is 14.9 Å². The van der Waals surface area contributed by atoms with E-state index in [0.29, 0.717) is 5.75 Å². The Hall–Kier alpha value is -4.28. The zero-order chi connectivity index (χ0) is 21.0. The molecule has 2 aromatic carbocycles. The van der Waals surface area contributed by atoms with Crippen molar-refractivity contribution >= 4 is 23.1 Å². The maximum atomic E-state index is 12.2. The van der Waals surface area contributed by atoms with Crippen LogP contribution in [-0.4, -0.2) is 25.5 Å². The molecule has 0 saturated carbocycles. The summed E-state index contributed by atoms with van der Waals surface area (Å²) in [5.41, 5.74) is 0.837. The number of carbonyl (C=O) groups is 1. The van der Waals surface area contributed by atoms with Crippen LogP contribution in [0.25, 0.3) is 0 Å². The highest BCUT2D eigenvalue weighted by Crippen LogP contribution is 2.30. The van der Waals surface area contributed by atoms with Crippen LogP contribution in [0.5, 0.6) is 11.5 Å². The number of benzene rings is 2. The number of hydrogen-bond donors (Lipinski definition) is 1. The van der Waals surface area contributed by atoms with Crippen LogP contribution in [0.1, 0.15) is 5.56 Å². The van der Waals surface area contributed by atoms with Crippen LogP contribution in [-0.2, 0) is 11.3 Å². The molecule has 1 aromatic heterocycles. The van der Waals surface area contributed by atoms with Crippen molar-refractivity contribution in [3.05, 3.63) is 80.5 Å². The number of nitrogens with one attached hydrogen (secondary N) is 1. The SMILES string of the molecule is Cc1cccc(Oc2cc(NC(=O)Cn3ccc([N+](=O)[O-])n3)cc([N+](=O)[O-])c2)c1. The number of aromatic nitrogens is 2. The highest BCUT2D eigenvalue weighted by atomic mass is 16.6. The second kappa shape index (κ2) is 8.17. The number of anilines is 1. The Morgan fingerprint density at radius 3 is 2.55 bits per heavy atom. The van der Waals surface area contributed by atoms with E-state index in [2.05, 4.69) is 10.4 Å². The zero-order valence-corrected chi connectivity index (χ0v) is 15.1. The minimum atomic E-state index is -0.677. The van der Waals surface area contributed by atoms with Crippen LogP contribution in [0, 0.1) is 27.2 Å². The largest absolute Gasteiger partial charge is 0.457 e. The van der Waals surface area contributed by atoms with Crippen molar-refractivity contribution < 1.29 is 19.4 Å². The lowest BCUT2D eigenvalue weighted by Crippen LogP contribution is -2.19. The number of non-ortho nitro benzene ring substituents is 1. The number of amides is 1. The first-order valence-corrected chi connectivity index (χ1v) is 8.32. The van der Waals surface area contributed by atoms with Crippen LogP contribution in [0.3, 0.4) is 0 Å². The summed E-state index contributed by atoms with van der Waals surface area (Å²) in [6.45, 7) is 1.58. The number of ether oxygens (including phenoxy) is 1. The Bertz CT molecular complexity index is 1090. The van der Waals surface area contributed by atoms with Crippen molar-refractivity contribution in [2.75, 3.05) is 5.32 Å². The number of nitro benzene ring substituents is 1. The van der Waals surface area contributed by atoms with Crippen molar-refractivity contribution in [1.29, 1.82) is 0 Å². The van der Waals surface area contributed by atoms with Crippen molar-refractivity contribution in [3.8, 4) is 11.5 Å². The Balaban J connectivity index is 1.78. The first-order valence-electron chi connectivity index (χ1n) is 8.32. The molecule has 1 heterocycles. The van der Waals surface area contributed by atoms with Crippen LogP contribution < -0.4 is 10.1 Å². The highest BCUT2D eigenvalue weighted by Gasteiger charge is 2.16. The Morgan fingerprint density at radius 1 is 1.10 bits per heavy atom. The predicted molar refractivity (Wildman–Crippen MR) is 102 cm³/mol. The molecule has 11 nitrogen and oxygen atoms in total. The van der Waals surface area contributed by atoms with Gasteiger partial charge in [0.25, 0.3) is 5.69 Å². The lowest BCUT2D eigenvalue weighted by molar-refractivity contribution is -0.389. The summed E-state index contributed by atoms with van der Waals surface area (Å²) < 4.78 is 6.76. The van der Waals surface area contributed by atoms with Gasteiger partial charge >= 0.3 is 5.82 Å². The maximum Gasteiger partial charge on any atom is 0.389 e. The molecule has 0 saturated heterocycles. The summed E-state index contributed by atoms with van der Waals surface area (Å²) >= 11 is 0. The monoisotopic (exact) mass is 397 g/mol. The number of nitrogens with zero attached hydrogens (tertiary/aromatic N) is 4. The smallest absolute Gasteiger partial charge is 0.389 e. The first-order chi connectivity index (χ1) is 13.8. The molecule has 0 unspecified atom stereocenters. The second-order valence-electron chi connectivity index (χ2n) is 6.07. The summed E-state index contributed by atoms with van der Waals surface area (Å²) in [4.78, 5) is 32.8. The lowest BCUT2D eigenvalue weighted by Gasteiger charge is -2.09. The second-order valence-corrected chi connectivity index (χ2v) is 6.07. The average Bonchev–Trinajstić information content (AvgIpc) is 3.10. The van der Waals surface area contributed by atoms with Crippen LogP contribution in [0.15, 0.2) is 54.7 Å². The Morgan fingerprint density at radius 2 is 1.90 bits per heavy atom. The predicted octanol–water partition coefficient (Wildman–Crippen LogP) is 3.44. The molecule has 0 spiro atoms. The fourth-order valence-electron chi connectivity index (χ4n) is 2.52. The van der Waals surface area contributed by atoms with E-state index in [4.69, 9.17) is 4.74 Å². The molecule has 0 aliphatic heterocycles. The molecule has 148 valence electrons. The number of hydrogen-bond acceptors (Lipinski definition) is 7. The van der Waals surface area contributed by atoms with Crippen molar-refractivity contribution in [3.63, 3.8) is 0 Å². The van der Waals surface area contributed by atoms with Gasteiger partial charge in [-0.2, -0.15) is 4.68 Å². The fourth-order valence-corrected chi connectivity index (χ4v) is 2.52. The molecule has 0 radical (unpaired) electrons. The quantitative estimate of drug-likeness (QED) is 0.475. The topological polar surface area (TPSA) is 142 Å². The van der Waals surface area contributed by atoms with Gasteiger partial charge in [-0.15, -0.1) is 0 Å². The van der Waals surface area contributed by atoms with Gasteiger partial charge in [0.15, 0.2) is 0 Å². The summed E-state index contributed by atoms with van der Waals surface area (Å²) in [6.07, 6.45) is 1.29. The Labute approximate surface area is 163 Å². The minimum Gasteiger partial charge on any atom is -0.457 e. The van der Waals surface area contributed by atoms with Gasteiger partial charge in [-0.25, -0.2) is 0 Å². The maximum absolute atomic E-state index is 12.2. The van der Waals surface area contributed by atoms with Crippen LogP contribution in [0.2, 0.25) is 0 Å². The summed E-state index contributed by atoms with van der Waals surface area (Å²) in [5.74, 6) is -0.284. The summed E-state index contributed by atoms with van der Waals surface area (Å²) in [6, 6.07) is 12.2. The number of rotatable bonds is 7. The van der Waals surface area contributed by atoms with E-state index < -0.39 is 15.8 Å².